The molecule has 0 bridgehead atoms. The maximum Gasteiger partial charge on any atom is 0.227 e. The van der Waals surface area contributed by atoms with Crippen LogP contribution in [0.1, 0.15) is 38.1 Å². The van der Waals surface area contributed by atoms with E-state index < -0.39 is 0 Å². The van der Waals surface area contributed by atoms with Gasteiger partial charge in [-0.05, 0) is 57.5 Å². The Hall–Kier alpha value is -2.66. The molecule has 1 N–H and O–H groups in total. The Morgan fingerprint density at radius 1 is 1.18 bits per heavy atom. The highest BCUT2D eigenvalue weighted by Gasteiger charge is 2.26. The van der Waals surface area contributed by atoms with Crippen LogP contribution in [0.4, 0.5) is 5.69 Å². The molecule has 2 heterocycles. The minimum atomic E-state index is 0.0778. The van der Waals surface area contributed by atoms with E-state index >= 15 is 0 Å². The predicted molar refractivity (Wildman–Crippen MR) is 111 cm³/mol. The quantitative estimate of drug-likeness (QED) is 0.712. The Labute approximate surface area is 165 Å². The second kappa shape index (κ2) is 8.15. The molecule has 1 aliphatic rings. The number of rotatable bonds is 5. The standard InChI is InChI=1S/C23H27N3O2/c1-16(2)26-12-10-18(11-13-26)23(27)24-19-8-9-20-21(15-19)28-22(25-20)14-17-6-4-3-5-7-17/h3-9,15-16,18H,10-14H2,1-2H3,(H,24,27). The molecule has 0 spiro atoms. The number of anilines is 1. The van der Waals surface area contributed by atoms with Crippen molar-refractivity contribution in [3.05, 3.63) is 60.0 Å². The highest BCUT2D eigenvalue weighted by molar-refractivity contribution is 5.94. The summed E-state index contributed by atoms with van der Waals surface area (Å²) in [6, 6.07) is 16.4. The van der Waals surface area contributed by atoms with Gasteiger partial charge in [-0.25, -0.2) is 4.98 Å². The van der Waals surface area contributed by atoms with Crippen LogP contribution in [0.2, 0.25) is 0 Å². The maximum absolute atomic E-state index is 12.7. The lowest BCUT2D eigenvalue weighted by Crippen LogP contribution is -2.41. The first-order valence-electron chi connectivity index (χ1n) is 10.1. The summed E-state index contributed by atoms with van der Waals surface area (Å²) in [5, 5.41) is 3.06. The fraction of sp³-hybridized carbons (Fsp3) is 0.391. The first-order chi connectivity index (χ1) is 13.6. The van der Waals surface area contributed by atoms with Gasteiger partial charge in [-0.3, -0.25) is 4.79 Å². The van der Waals surface area contributed by atoms with E-state index in [2.05, 4.69) is 41.2 Å². The molecule has 1 aliphatic heterocycles. The van der Waals surface area contributed by atoms with Crippen LogP contribution in [0.3, 0.4) is 0 Å². The van der Waals surface area contributed by atoms with Gasteiger partial charge in [0.05, 0.1) is 0 Å². The smallest absolute Gasteiger partial charge is 0.227 e. The SMILES string of the molecule is CC(C)N1CCC(C(=O)Nc2ccc3nc(Cc4ccccc4)oc3c2)CC1. The molecule has 5 nitrogen and oxygen atoms in total. The Bertz CT molecular complexity index is 941. The van der Waals surface area contributed by atoms with Gasteiger partial charge >= 0.3 is 0 Å². The third kappa shape index (κ3) is 4.25. The van der Waals surface area contributed by atoms with Crippen molar-refractivity contribution in [3.8, 4) is 0 Å². The fourth-order valence-electron chi connectivity index (χ4n) is 3.82. The van der Waals surface area contributed by atoms with Gasteiger partial charge in [-0.1, -0.05) is 30.3 Å². The number of aromatic nitrogens is 1. The number of nitrogens with zero attached hydrogens (tertiary/aromatic N) is 2. The summed E-state index contributed by atoms with van der Waals surface area (Å²) in [7, 11) is 0. The first-order valence-corrected chi connectivity index (χ1v) is 10.1. The number of carbonyl (C=O) groups is 1. The minimum absolute atomic E-state index is 0.0778. The van der Waals surface area contributed by atoms with Crippen LogP contribution in [-0.4, -0.2) is 34.9 Å². The maximum atomic E-state index is 12.7. The predicted octanol–water partition coefficient (Wildman–Crippen LogP) is 4.48. The van der Waals surface area contributed by atoms with Gasteiger partial charge in [0.2, 0.25) is 5.91 Å². The number of piperidine rings is 1. The summed E-state index contributed by atoms with van der Waals surface area (Å²) in [6.07, 6.45) is 2.48. The van der Waals surface area contributed by atoms with Crippen molar-refractivity contribution in [1.82, 2.24) is 9.88 Å². The Morgan fingerprint density at radius 2 is 1.93 bits per heavy atom. The molecule has 1 fully saturated rings. The molecule has 0 atom stereocenters. The van der Waals surface area contributed by atoms with E-state index in [1.54, 1.807) is 0 Å². The van der Waals surface area contributed by atoms with Crippen LogP contribution >= 0.6 is 0 Å². The molecule has 3 aromatic rings. The third-order valence-electron chi connectivity index (χ3n) is 5.53. The van der Waals surface area contributed by atoms with Crippen LogP contribution < -0.4 is 5.32 Å². The summed E-state index contributed by atoms with van der Waals surface area (Å²) >= 11 is 0. The van der Waals surface area contributed by atoms with E-state index in [4.69, 9.17) is 4.42 Å². The highest BCUT2D eigenvalue weighted by atomic mass is 16.3. The summed E-state index contributed by atoms with van der Waals surface area (Å²) in [4.78, 5) is 19.6. The van der Waals surface area contributed by atoms with Gasteiger partial charge in [0.15, 0.2) is 11.5 Å². The Morgan fingerprint density at radius 3 is 2.64 bits per heavy atom. The van der Waals surface area contributed by atoms with Gasteiger partial charge in [-0.15, -0.1) is 0 Å². The summed E-state index contributed by atoms with van der Waals surface area (Å²) < 4.78 is 5.91. The molecule has 146 valence electrons. The van der Waals surface area contributed by atoms with E-state index in [1.807, 2.05) is 36.4 Å². The first kappa shape index (κ1) is 18.7. The largest absolute Gasteiger partial charge is 0.440 e. The molecule has 0 aliphatic carbocycles. The van der Waals surface area contributed by atoms with Gasteiger partial charge in [0.25, 0.3) is 0 Å². The van der Waals surface area contributed by atoms with Gasteiger partial charge in [-0.2, -0.15) is 0 Å². The second-order valence-corrected chi connectivity index (χ2v) is 7.85. The van der Waals surface area contributed by atoms with Crippen LogP contribution in [-0.2, 0) is 11.2 Å². The summed E-state index contributed by atoms with van der Waals surface area (Å²) in [5.41, 5.74) is 3.45. The average molecular weight is 377 g/mol. The molecule has 5 heteroatoms. The van der Waals surface area contributed by atoms with E-state index in [0.717, 1.165) is 42.7 Å². The van der Waals surface area contributed by atoms with Crippen LogP contribution in [0.15, 0.2) is 52.9 Å². The molecule has 2 aromatic carbocycles. The van der Waals surface area contributed by atoms with E-state index in [9.17, 15) is 4.79 Å². The molecule has 28 heavy (non-hydrogen) atoms. The number of hydrogen-bond acceptors (Lipinski definition) is 4. The van der Waals surface area contributed by atoms with Crippen molar-refractivity contribution in [3.63, 3.8) is 0 Å². The number of likely N-dealkylation sites (tertiary alicyclic amines) is 1. The molecular weight excluding hydrogens is 350 g/mol. The molecule has 0 unspecified atom stereocenters. The van der Waals surface area contributed by atoms with E-state index in [0.29, 0.717) is 23.9 Å². The third-order valence-corrected chi connectivity index (χ3v) is 5.53. The average Bonchev–Trinajstić information content (AvgIpc) is 3.10. The lowest BCUT2D eigenvalue weighted by atomic mass is 9.95. The molecular formula is C23H27N3O2. The van der Waals surface area contributed by atoms with Crippen LogP contribution in [0, 0.1) is 5.92 Å². The zero-order chi connectivity index (χ0) is 19.5. The Kier molecular flexibility index (Phi) is 5.44. The van der Waals surface area contributed by atoms with Crippen molar-refractivity contribution in [2.24, 2.45) is 5.92 Å². The van der Waals surface area contributed by atoms with Gasteiger partial charge in [0.1, 0.15) is 5.52 Å². The summed E-state index contributed by atoms with van der Waals surface area (Å²) in [5.74, 6) is 0.867. The van der Waals surface area contributed by atoms with Crippen molar-refractivity contribution in [2.75, 3.05) is 18.4 Å². The number of nitrogens with one attached hydrogen (secondary N) is 1. The number of amides is 1. The molecule has 0 radical (unpaired) electrons. The van der Waals surface area contributed by atoms with Crippen LogP contribution in [0.25, 0.3) is 11.1 Å². The second-order valence-electron chi connectivity index (χ2n) is 7.85. The number of fused-ring (bicyclic) bond motifs is 1. The number of benzene rings is 2. The summed E-state index contributed by atoms with van der Waals surface area (Å²) in [6.45, 7) is 6.39. The molecule has 1 saturated heterocycles. The molecule has 1 amide bonds. The minimum Gasteiger partial charge on any atom is -0.440 e. The molecule has 4 rings (SSSR count). The zero-order valence-electron chi connectivity index (χ0n) is 16.5. The lowest BCUT2D eigenvalue weighted by Gasteiger charge is -2.33. The van der Waals surface area contributed by atoms with Crippen molar-refractivity contribution in [1.29, 1.82) is 0 Å². The molecule has 1 aromatic heterocycles. The van der Waals surface area contributed by atoms with Crippen molar-refractivity contribution in [2.45, 2.75) is 39.2 Å². The Balaban J connectivity index is 1.41. The highest BCUT2D eigenvalue weighted by Crippen LogP contribution is 2.24. The topological polar surface area (TPSA) is 58.4 Å². The van der Waals surface area contributed by atoms with Gasteiger partial charge < -0.3 is 14.6 Å². The number of hydrogen-bond donors (Lipinski definition) is 1. The number of oxazole rings is 1. The zero-order valence-corrected chi connectivity index (χ0v) is 16.5. The fourth-order valence-corrected chi connectivity index (χ4v) is 3.82. The van der Waals surface area contributed by atoms with E-state index in [1.165, 1.54) is 0 Å². The van der Waals surface area contributed by atoms with E-state index in [-0.39, 0.29) is 11.8 Å². The van der Waals surface area contributed by atoms with Crippen molar-refractivity contribution >= 4 is 22.7 Å². The lowest BCUT2D eigenvalue weighted by molar-refractivity contribution is -0.121. The normalized spacial score (nSPS) is 16.0. The molecule has 0 saturated carbocycles. The monoisotopic (exact) mass is 377 g/mol. The van der Waals surface area contributed by atoms with Gasteiger partial charge in [0, 0.05) is 30.1 Å². The van der Waals surface area contributed by atoms with Crippen molar-refractivity contribution < 1.29 is 9.21 Å². The number of carbonyl (C=O) groups excluding carboxylic acids is 1. The van der Waals surface area contributed by atoms with Crippen LogP contribution in [0.5, 0.6) is 0 Å².